The van der Waals surface area contributed by atoms with E-state index < -0.39 is 5.97 Å². The lowest BCUT2D eigenvalue weighted by molar-refractivity contribution is 0.0342. The molecule has 2 aliphatic rings. The normalized spacial score (nSPS) is 18.9. The fourth-order valence-corrected chi connectivity index (χ4v) is 4.20. The maximum absolute atomic E-state index is 11.0. The molecule has 5 heteroatoms. The minimum absolute atomic E-state index is 0.343. The molecule has 0 aliphatic carbocycles. The predicted molar refractivity (Wildman–Crippen MR) is 110 cm³/mol. The highest BCUT2D eigenvalue weighted by molar-refractivity contribution is 5.88. The van der Waals surface area contributed by atoms with Gasteiger partial charge >= 0.3 is 5.97 Å². The van der Waals surface area contributed by atoms with Gasteiger partial charge in [0.15, 0.2) is 0 Å². The van der Waals surface area contributed by atoms with Crippen LogP contribution in [0, 0.1) is 0 Å². The topological polar surface area (TPSA) is 53.0 Å². The van der Waals surface area contributed by atoms with E-state index in [1.807, 2.05) is 12.1 Å². The monoisotopic (exact) mass is 380 g/mol. The molecule has 0 radical (unpaired) electrons. The third-order valence-corrected chi connectivity index (χ3v) is 5.94. The molecule has 0 unspecified atom stereocenters. The lowest BCUT2D eigenvalue weighted by Gasteiger charge is -2.34. The molecule has 148 valence electrons. The van der Waals surface area contributed by atoms with Crippen LogP contribution in [0.4, 0.5) is 5.69 Å². The van der Waals surface area contributed by atoms with Crippen molar-refractivity contribution in [1.82, 2.24) is 4.90 Å². The number of hydrogen-bond acceptors (Lipinski definition) is 4. The Morgan fingerprint density at radius 3 is 2.18 bits per heavy atom. The van der Waals surface area contributed by atoms with Crippen molar-refractivity contribution in [3.05, 3.63) is 65.2 Å². The van der Waals surface area contributed by atoms with Crippen LogP contribution in [-0.4, -0.2) is 55.4 Å². The Hall–Kier alpha value is -2.37. The molecule has 2 heterocycles. The van der Waals surface area contributed by atoms with Gasteiger partial charge in [-0.3, -0.25) is 4.90 Å². The van der Waals surface area contributed by atoms with E-state index in [-0.39, 0.29) is 0 Å². The van der Waals surface area contributed by atoms with Gasteiger partial charge in [0, 0.05) is 38.4 Å². The molecule has 0 saturated carbocycles. The van der Waals surface area contributed by atoms with Crippen LogP contribution in [0.1, 0.15) is 40.2 Å². The number of piperidine rings is 1. The van der Waals surface area contributed by atoms with Gasteiger partial charge in [-0.05, 0) is 54.2 Å². The first-order valence-electron chi connectivity index (χ1n) is 10.2. The maximum Gasteiger partial charge on any atom is 0.335 e. The molecular weight excluding hydrogens is 352 g/mol. The van der Waals surface area contributed by atoms with Crippen LogP contribution >= 0.6 is 0 Å². The summed E-state index contributed by atoms with van der Waals surface area (Å²) in [5.41, 5.74) is 4.27. The molecule has 2 aromatic rings. The van der Waals surface area contributed by atoms with Gasteiger partial charge in [-0.2, -0.15) is 0 Å². The van der Waals surface area contributed by atoms with E-state index in [1.54, 1.807) is 12.1 Å². The number of carboxylic acid groups (broad SMARTS) is 1. The SMILES string of the molecule is O=C(O)c1ccc(N2CCC(c3ccc(CN4CCOCC4)cc3)CC2)cc1. The van der Waals surface area contributed by atoms with Crippen molar-refractivity contribution in [2.75, 3.05) is 44.3 Å². The van der Waals surface area contributed by atoms with Crippen molar-refractivity contribution in [3.8, 4) is 0 Å². The number of ether oxygens (including phenoxy) is 1. The van der Waals surface area contributed by atoms with Gasteiger partial charge in [-0.15, -0.1) is 0 Å². The van der Waals surface area contributed by atoms with Gasteiger partial charge in [0.1, 0.15) is 0 Å². The summed E-state index contributed by atoms with van der Waals surface area (Å²) in [6.45, 7) is 6.75. The lowest BCUT2D eigenvalue weighted by atomic mass is 9.88. The van der Waals surface area contributed by atoms with Crippen molar-refractivity contribution in [1.29, 1.82) is 0 Å². The van der Waals surface area contributed by atoms with E-state index >= 15 is 0 Å². The minimum Gasteiger partial charge on any atom is -0.478 e. The van der Waals surface area contributed by atoms with Crippen LogP contribution in [0.2, 0.25) is 0 Å². The second-order valence-electron chi connectivity index (χ2n) is 7.74. The summed E-state index contributed by atoms with van der Waals surface area (Å²) in [5, 5.41) is 9.04. The molecule has 28 heavy (non-hydrogen) atoms. The summed E-state index contributed by atoms with van der Waals surface area (Å²) in [6.07, 6.45) is 2.26. The van der Waals surface area contributed by atoms with E-state index in [9.17, 15) is 4.79 Å². The van der Waals surface area contributed by atoms with Crippen molar-refractivity contribution < 1.29 is 14.6 Å². The third kappa shape index (κ3) is 4.54. The lowest BCUT2D eigenvalue weighted by Crippen LogP contribution is -2.35. The summed E-state index contributed by atoms with van der Waals surface area (Å²) in [5.74, 6) is -0.269. The average molecular weight is 380 g/mol. The van der Waals surface area contributed by atoms with Crippen LogP contribution in [0.3, 0.4) is 0 Å². The molecule has 1 N–H and O–H groups in total. The molecule has 0 atom stereocenters. The minimum atomic E-state index is -0.873. The van der Waals surface area contributed by atoms with E-state index in [4.69, 9.17) is 9.84 Å². The van der Waals surface area contributed by atoms with Gasteiger partial charge < -0.3 is 14.7 Å². The third-order valence-electron chi connectivity index (χ3n) is 5.94. The first-order chi connectivity index (χ1) is 13.7. The molecule has 4 rings (SSSR count). The van der Waals surface area contributed by atoms with Crippen LogP contribution in [0.15, 0.2) is 48.5 Å². The second-order valence-corrected chi connectivity index (χ2v) is 7.74. The first-order valence-corrected chi connectivity index (χ1v) is 10.2. The summed E-state index contributed by atoms with van der Waals surface area (Å²) >= 11 is 0. The van der Waals surface area contributed by atoms with E-state index in [1.165, 1.54) is 11.1 Å². The van der Waals surface area contributed by atoms with Gasteiger partial charge in [-0.25, -0.2) is 4.79 Å². The summed E-state index contributed by atoms with van der Waals surface area (Å²) < 4.78 is 5.42. The molecule has 0 spiro atoms. The van der Waals surface area contributed by atoms with E-state index in [2.05, 4.69) is 34.1 Å². The zero-order valence-corrected chi connectivity index (χ0v) is 16.2. The molecule has 2 fully saturated rings. The number of nitrogens with zero attached hydrogens (tertiary/aromatic N) is 2. The predicted octanol–water partition coefficient (Wildman–Crippen LogP) is 3.60. The van der Waals surface area contributed by atoms with Crippen LogP contribution in [0.25, 0.3) is 0 Å². The second kappa shape index (κ2) is 8.76. The number of carbonyl (C=O) groups is 1. The van der Waals surface area contributed by atoms with E-state index in [0.29, 0.717) is 11.5 Å². The maximum atomic E-state index is 11.0. The largest absolute Gasteiger partial charge is 0.478 e. The molecule has 0 amide bonds. The Balaban J connectivity index is 1.31. The van der Waals surface area contributed by atoms with Crippen LogP contribution in [0.5, 0.6) is 0 Å². The number of morpholine rings is 1. The Morgan fingerprint density at radius 2 is 1.57 bits per heavy atom. The smallest absolute Gasteiger partial charge is 0.335 e. The fraction of sp³-hybridized carbons (Fsp3) is 0.435. The highest BCUT2D eigenvalue weighted by atomic mass is 16.5. The van der Waals surface area contributed by atoms with Crippen LogP contribution in [-0.2, 0) is 11.3 Å². The van der Waals surface area contributed by atoms with Crippen molar-refractivity contribution >= 4 is 11.7 Å². The molecule has 0 bridgehead atoms. The fourth-order valence-electron chi connectivity index (χ4n) is 4.20. The Morgan fingerprint density at radius 1 is 0.929 bits per heavy atom. The number of hydrogen-bond donors (Lipinski definition) is 1. The Bertz CT molecular complexity index is 774. The number of aromatic carboxylic acids is 1. The Labute approximate surface area is 166 Å². The average Bonchev–Trinajstić information content (AvgIpc) is 2.75. The molecule has 2 saturated heterocycles. The van der Waals surface area contributed by atoms with Crippen molar-refractivity contribution in [3.63, 3.8) is 0 Å². The first kappa shape index (κ1) is 19.0. The summed E-state index contributed by atoms with van der Waals surface area (Å²) in [6, 6.07) is 16.4. The van der Waals surface area contributed by atoms with Crippen LogP contribution < -0.4 is 4.90 Å². The molecule has 2 aliphatic heterocycles. The van der Waals surface area contributed by atoms with Gasteiger partial charge in [-0.1, -0.05) is 24.3 Å². The zero-order chi connectivity index (χ0) is 19.3. The van der Waals surface area contributed by atoms with Gasteiger partial charge in [0.25, 0.3) is 0 Å². The standard InChI is InChI=1S/C23H28N2O3/c26-23(27)21-5-7-22(8-6-21)25-11-9-20(10-12-25)19-3-1-18(2-4-19)17-24-13-15-28-16-14-24/h1-8,20H,9-17H2,(H,26,27). The zero-order valence-electron chi connectivity index (χ0n) is 16.2. The quantitative estimate of drug-likeness (QED) is 0.859. The highest BCUT2D eigenvalue weighted by Crippen LogP contribution is 2.31. The summed E-state index contributed by atoms with van der Waals surface area (Å²) in [4.78, 5) is 15.8. The highest BCUT2D eigenvalue weighted by Gasteiger charge is 2.21. The summed E-state index contributed by atoms with van der Waals surface area (Å²) in [7, 11) is 0. The molecule has 2 aromatic carbocycles. The Kier molecular flexibility index (Phi) is 5.93. The van der Waals surface area contributed by atoms with Gasteiger partial charge in [0.05, 0.1) is 18.8 Å². The van der Waals surface area contributed by atoms with Crippen molar-refractivity contribution in [2.24, 2.45) is 0 Å². The van der Waals surface area contributed by atoms with E-state index in [0.717, 1.165) is 64.5 Å². The molecule has 5 nitrogen and oxygen atoms in total. The molecular formula is C23H28N2O3. The number of carboxylic acids is 1. The molecule has 0 aromatic heterocycles. The van der Waals surface area contributed by atoms with Crippen molar-refractivity contribution in [2.45, 2.75) is 25.3 Å². The number of benzene rings is 2. The number of anilines is 1. The number of rotatable bonds is 5. The van der Waals surface area contributed by atoms with Gasteiger partial charge in [0.2, 0.25) is 0 Å².